The molecule has 0 amide bonds. The molecule has 0 N–H and O–H groups in total. The average molecular weight is 233 g/mol. The van der Waals surface area contributed by atoms with E-state index < -0.39 is 5.95 Å². The van der Waals surface area contributed by atoms with Crippen LogP contribution in [0.25, 0.3) is 0 Å². The fourth-order valence-electron chi connectivity index (χ4n) is 1.64. The monoisotopic (exact) mass is 233 g/mol. The number of nitrogens with zero attached hydrogens (tertiary/aromatic N) is 1. The first kappa shape index (κ1) is 12.1. The highest BCUT2D eigenvalue weighted by Gasteiger charge is 2.31. The van der Waals surface area contributed by atoms with Crippen LogP contribution < -0.4 is 0 Å². The van der Waals surface area contributed by atoms with Crippen molar-refractivity contribution in [3.05, 3.63) is 29.3 Å². The lowest BCUT2D eigenvalue weighted by Gasteiger charge is -2.32. The van der Waals surface area contributed by atoms with Crippen LogP contribution in [0.1, 0.15) is 37.9 Å². The summed E-state index contributed by atoms with van der Waals surface area (Å²) in [7, 11) is 0. The fourth-order valence-corrected chi connectivity index (χ4v) is 1.64. The lowest BCUT2D eigenvalue weighted by molar-refractivity contribution is -0.0648. The zero-order chi connectivity index (χ0) is 12.5. The van der Waals surface area contributed by atoms with Crippen molar-refractivity contribution in [3.8, 4) is 11.8 Å². The van der Waals surface area contributed by atoms with E-state index in [2.05, 4.69) is 16.8 Å². The highest BCUT2D eigenvalue weighted by molar-refractivity contribution is 5.32. The molecular formula is C14H16FNO. The number of hydrogen-bond donors (Lipinski definition) is 0. The predicted molar refractivity (Wildman–Crippen MR) is 64.1 cm³/mol. The second-order valence-electron chi connectivity index (χ2n) is 5.03. The van der Waals surface area contributed by atoms with Gasteiger partial charge in [-0.05, 0) is 24.8 Å². The maximum Gasteiger partial charge on any atom is 0.217 e. The summed E-state index contributed by atoms with van der Waals surface area (Å²) >= 11 is 0. The van der Waals surface area contributed by atoms with Gasteiger partial charge >= 0.3 is 0 Å². The first-order valence-electron chi connectivity index (χ1n) is 5.77. The lowest BCUT2D eigenvalue weighted by atomic mass is 9.89. The normalized spacial score (nSPS) is 17.2. The molecule has 1 aliphatic rings. The predicted octanol–water partition coefficient (Wildman–Crippen LogP) is 2.73. The minimum Gasteiger partial charge on any atom is -0.378 e. The van der Waals surface area contributed by atoms with Crippen molar-refractivity contribution in [3.63, 3.8) is 0 Å². The van der Waals surface area contributed by atoms with Gasteiger partial charge in [-0.15, -0.1) is 0 Å². The number of rotatable bonds is 1. The van der Waals surface area contributed by atoms with Crippen molar-refractivity contribution < 1.29 is 9.13 Å². The molecule has 2 heterocycles. The Bertz CT molecular complexity index is 481. The van der Waals surface area contributed by atoms with E-state index >= 15 is 0 Å². The van der Waals surface area contributed by atoms with Gasteiger partial charge in [-0.3, -0.25) is 0 Å². The zero-order valence-corrected chi connectivity index (χ0v) is 10.4. The summed E-state index contributed by atoms with van der Waals surface area (Å²) in [4.78, 5) is 3.87. The Morgan fingerprint density at radius 1 is 1.41 bits per heavy atom. The number of halogens is 1. The van der Waals surface area contributed by atoms with Crippen molar-refractivity contribution in [2.24, 2.45) is 5.41 Å². The van der Waals surface area contributed by atoms with Gasteiger partial charge in [-0.25, -0.2) is 4.98 Å². The van der Waals surface area contributed by atoms with Gasteiger partial charge in [0.2, 0.25) is 5.95 Å². The first-order chi connectivity index (χ1) is 8.00. The van der Waals surface area contributed by atoms with Crippen molar-refractivity contribution in [1.82, 2.24) is 4.98 Å². The summed E-state index contributed by atoms with van der Waals surface area (Å²) in [5, 5.41) is 0. The number of hydrogen-bond acceptors (Lipinski definition) is 2. The summed E-state index contributed by atoms with van der Waals surface area (Å²) < 4.78 is 18.7. The van der Waals surface area contributed by atoms with Gasteiger partial charge in [0.05, 0.1) is 18.6 Å². The van der Waals surface area contributed by atoms with Crippen LogP contribution in [0.15, 0.2) is 12.1 Å². The molecule has 1 saturated heterocycles. The quantitative estimate of drug-likeness (QED) is 0.549. The van der Waals surface area contributed by atoms with Crippen LogP contribution in [0.2, 0.25) is 0 Å². The van der Waals surface area contributed by atoms with E-state index in [9.17, 15) is 4.39 Å². The summed E-state index contributed by atoms with van der Waals surface area (Å²) in [5.41, 5.74) is 1.03. The summed E-state index contributed by atoms with van der Waals surface area (Å²) in [6.45, 7) is 7.21. The van der Waals surface area contributed by atoms with Crippen LogP contribution in [0.3, 0.4) is 0 Å². The molecule has 17 heavy (non-hydrogen) atoms. The van der Waals surface area contributed by atoms with Crippen LogP contribution in [-0.4, -0.2) is 18.2 Å². The Labute approximate surface area is 101 Å². The van der Waals surface area contributed by atoms with E-state index in [1.165, 1.54) is 0 Å². The molecule has 0 bridgehead atoms. The molecule has 0 unspecified atom stereocenters. The van der Waals surface area contributed by atoms with Gasteiger partial charge in [0.1, 0.15) is 5.69 Å². The van der Waals surface area contributed by atoms with Gasteiger partial charge in [-0.2, -0.15) is 4.39 Å². The maximum atomic E-state index is 13.6. The standard InChI is InChI=1S/C14H16FNO/c1-10(2)12-5-4-11(16-13(12)15)6-7-14(3)8-17-9-14/h4-5,10H,8-9H2,1-3H3. The maximum absolute atomic E-state index is 13.6. The number of ether oxygens (including phenoxy) is 1. The van der Waals surface area contributed by atoms with Gasteiger partial charge in [-0.1, -0.05) is 25.8 Å². The third kappa shape index (κ3) is 2.65. The van der Waals surface area contributed by atoms with E-state index in [1.807, 2.05) is 20.8 Å². The summed E-state index contributed by atoms with van der Waals surface area (Å²) in [6.07, 6.45) is 0. The van der Waals surface area contributed by atoms with Crippen LogP contribution in [-0.2, 0) is 4.74 Å². The molecule has 2 rings (SSSR count). The molecule has 0 radical (unpaired) electrons. The Balaban J connectivity index is 2.20. The molecule has 0 spiro atoms. The highest BCUT2D eigenvalue weighted by Crippen LogP contribution is 2.25. The summed E-state index contributed by atoms with van der Waals surface area (Å²) in [6, 6.07) is 3.53. The van der Waals surface area contributed by atoms with Gasteiger partial charge in [0, 0.05) is 5.56 Å². The third-order valence-corrected chi connectivity index (χ3v) is 2.83. The molecule has 1 aromatic rings. The topological polar surface area (TPSA) is 22.1 Å². The smallest absolute Gasteiger partial charge is 0.217 e. The minimum absolute atomic E-state index is 0.0884. The molecule has 1 aromatic heterocycles. The van der Waals surface area contributed by atoms with Crippen LogP contribution in [0, 0.1) is 23.2 Å². The number of aromatic nitrogens is 1. The molecular weight excluding hydrogens is 217 g/mol. The van der Waals surface area contributed by atoms with Gasteiger partial charge in [0.15, 0.2) is 0 Å². The van der Waals surface area contributed by atoms with Crippen molar-refractivity contribution >= 4 is 0 Å². The van der Waals surface area contributed by atoms with E-state index in [0.717, 1.165) is 0 Å². The highest BCUT2D eigenvalue weighted by atomic mass is 19.1. The Morgan fingerprint density at radius 2 is 2.12 bits per heavy atom. The molecule has 0 aromatic carbocycles. The minimum atomic E-state index is -0.415. The van der Waals surface area contributed by atoms with E-state index in [-0.39, 0.29) is 11.3 Å². The molecule has 0 saturated carbocycles. The molecule has 3 heteroatoms. The molecule has 90 valence electrons. The zero-order valence-electron chi connectivity index (χ0n) is 10.4. The fraction of sp³-hybridized carbons (Fsp3) is 0.500. The number of pyridine rings is 1. The molecule has 0 atom stereocenters. The molecule has 1 aliphatic heterocycles. The van der Waals surface area contributed by atoms with Crippen molar-refractivity contribution in [2.45, 2.75) is 26.7 Å². The van der Waals surface area contributed by atoms with E-state index in [4.69, 9.17) is 4.74 Å². The Morgan fingerprint density at radius 3 is 2.59 bits per heavy atom. The Kier molecular flexibility index (Phi) is 3.17. The second-order valence-corrected chi connectivity index (χ2v) is 5.03. The van der Waals surface area contributed by atoms with Crippen molar-refractivity contribution in [2.75, 3.05) is 13.2 Å². The first-order valence-corrected chi connectivity index (χ1v) is 5.77. The summed E-state index contributed by atoms with van der Waals surface area (Å²) in [5.74, 6) is 5.72. The molecule has 1 fully saturated rings. The second kappa shape index (κ2) is 4.46. The Hall–Kier alpha value is -1.40. The molecule has 0 aliphatic carbocycles. The average Bonchev–Trinajstić information content (AvgIpc) is 2.23. The van der Waals surface area contributed by atoms with Crippen LogP contribution in [0.4, 0.5) is 4.39 Å². The third-order valence-electron chi connectivity index (χ3n) is 2.83. The van der Waals surface area contributed by atoms with Crippen molar-refractivity contribution in [1.29, 1.82) is 0 Å². The van der Waals surface area contributed by atoms with Gasteiger partial charge < -0.3 is 4.74 Å². The van der Waals surface area contributed by atoms with E-state index in [0.29, 0.717) is 24.5 Å². The molecule has 2 nitrogen and oxygen atoms in total. The van der Waals surface area contributed by atoms with Crippen LogP contribution >= 0.6 is 0 Å². The van der Waals surface area contributed by atoms with E-state index in [1.54, 1.807) is 12.1 Å². The van der Waals surface area contributed by atoms with Crippen LogP contribution in [0.5, 0.6) is 0 Å². The SMILES string of the molecule is CC(C)c1ccc(C#CC2(C)COC2)nc1F. The van der Waals surface area contributed by atoms with Gasteiger partial charge in [0.25, 0.3) is 0 Å². The lowest BCUT2D eigenvalue weighted by Crippen LogP contribution is -2.38. The largest absolute Gasteiger partial charge is 0.378 e.